The fraction of sp³-hybridized carbons (Fsp3) is 0.400. The first-order valence-corrected chi connectivity index (χ1v) is 5.32. The zero-order chi connectivity index (χ0) is 12.0. The second-order valence-corrected chi connectivity index (χ2v) is 3.47. The van der Waals surface area contributed by atoms with E-state index in [4.69, 9.17) is 16.3 Å². The van der Waals surface area contributed by atoms with Gasteiger partial charge in [-0.3, -0.25) is 10.1 Å². The summed E-state index contributed by atoms with van der Waals surface area (Å²) in [5, 5.41) is 10.6. The standard InChI is InChI=1S/C10H11ClFNO3/c11-6-1-2-7-16-10-8(12)4-3-5-9(10)13(14)15/h3-5H,1-2,6-7H2. The molecule has 0 radical (unpaired) electrons. The van der Waals surface area contributed by atoms with Crippen LogP contribution in [0.2, 0.25) is 0 Å². The highest BCUT2D eigenvalue weighted by Crippen LogP contribution is 2.29. The number of para-hydroxylation sites is 1. The summed E-state index contributed by atoms with van der Waals surface area (Å²) < 4.78 is 18.3. The van der Waals surface area contributed by atoms with Crippen LogP contribution in [0.1, 0.15) is 12.8 Å². The summed E-state index contributed by atoms with van der Waals surface area (Å²) in [5.74, 6) is -0.537. The first-order valence-electron chi connectivity index (χ1n) is 4.78. The molecule has 0 fully saturated rings. The van der Waals surface area contributed by atoms with Gasteiger partial charge in [-0.2, -0.15) is 0 Å². The average Bonchev–Trinajstić information content (AvgIpc) is 2.25. The Balaban J connectivity index is 2.73. The molecule has 6 heteroatoms. The third kappa shape index (κ3) is 3.34. The van der Waals surface area contributed by atoms with Crippen molar-refractivity contribution in [3.05, 3.63) is 34.1 Å². The lowest BCUT2D eigenvalue weighted by molar-refractivity contribution is -0.386. The van der Waals surface area contributed by atoms with E-state index < -0.39 is 10.7 Å². The Bertz CT molecular complexity index is 373. The van der Waals surface area contributed by atoms with Crippen molar-refractivity contribution in [2.75, 3.05) is 12.5 Å². The minimum Gasteiger partial charge on any atom is -0.485 e. The first-order chi connectivity index (χ1) is 7.66. The summed E-state index contributed by atoms with van der Waals surface area (Å²) in [6.07, 6.45) is 1.36. The van der Waals surface area contributed by atoms with Crippen LogP contribution in [0.5, 0.6) is 5.75 Å². The van der Waals surface area contributed by atoms with Crippen LogP contribution in [0.25, 0.3) is 0 Å². The Morgan fingerprint density at radius 2 is 2.19 bits per heavy atom. The average molecular weight is 248 g/mol. The molecule has 0 aliphatic carbocycles. The van der Waals surface area contributed by atoms with E-state index >= 15 is 0 Å². The number of unbranched alkanes of at least 4 members (excludes halogenated alkanes) is 1. The van der Waals surface area contributed by atoms with Crippen molar-refractivity contribution in [3.8, 4) is 5.75 Å². The van der Waals surface area contributed by atoms with Gasteiger partial charge in [0.15, 0.2) is 5.82 Å². The van der Waals surface area contributed by atoms with Crippen LogP contribution in [-0.4, -0.2) is 17.4 Å². The number of nitro groups is 1. The molecule has 0 heterocycles. The van der Waals surface area contributed by atoms with Crippen molar-refractivity contribution < 1.29 is 14.1 Å². The van der Waals surface area contributed by atoms with Gasteiger partial charge in [0.25, 0.3) is 0 Å². The number of benzene rings is 1. The van der Waals surface area contributed by atoms with Gasteiger partial charge in [0.05, 0.1) is 11.5 Å². The first kappa shape index (κ1) is 12.7. The van der Waals surface area contributed by atoms with E-state index in [1.807, 2.05) is 0 Å². The third-order valence-corrected chi connectivity index (χ3v) is 2.18. The van der Waals surface area contributed by atoms with Crippen molar-refractivity contribution >= 4 is 17.3 Å². The number of hydrogen-bond acceptors (Lipinski definition) is 3. The van der Waals surface area contributed by atoms with Crippen molar-refractivity contribution in [1.29, 1.82) is 0 Å². The summed E-state index contributed by atoms with van der Waals surface area (Å²) in [7, 11) is 0. The lowest BCUT2D eigenvalue weighted by atomic mass is 10.3. The Labute approximate surface area is 97.1 Å². The summed E-state index contributed by atoms with van der Waals surface area (Å²) in [4.78, 5) is 9.93. The highest BCUT2D eigenvalue weighted by Gasteiger charge is 2.18. The van der Waals surface area contributed by atoms with Crippen LogP contribution in [0, 0.1) is 15.9 Å². The van der Waals surface area contributed by atoms with Crippen LogP contribution in [0.3, 0.4) is 0 Å². The molecular formula is C10H11ClFNO3. The van der Waals surface area contributed by atoms with Crippen LogP contribution in [0.4, 0.5) is 10.1 Å². The summed E-state index contributed by atoms with van der Waals surface area (Å²) in [5.41, 5.74) is -0.356. The Hall–Kier alpha value is -1.36. The Kier molecular flexibility index (Phi) is 4.98. The number of rotatable bonds is 6. The molecule has 4 nitrogen and oxygen atoms in total. The topological polar surface area (TPSA) is 52.4 Å². The number of halogens is 2. The molecule has 1 rings (SSSR count). The number of hydrogen-bond donors (Lipinski definition) is 0. The fourth-order valence-corrected chi connectivity index (χ4v) is 1.34. The molecule has 0 bridgehead atoms. The molecule has 1 aromatic carbocycles. The van der Waals surface area contributed by atoms with E-state index in [9.17, 15) is 14.5 Å². The summed E-state index contributed by atoms with van der Waals surface area (Å²) >= 11 is 5.46. The maximum atomic E-state index is 13.3. The molecular weight excluding hydrogens is 237 g/mol. The van der Waals surface area contributed by atoms with Gasteiger partial charge in [0, 0.05) is 11.9 Å². The lowest BCUT2D eigenvalue weighted by Gasteiger charge is -2.06. The largest absolute Gasteiger partial charge is 0.485 e. The molecule has 0 unspecified atom stereocenters. The molecule has 0 aliphatic heterocycles. The molecule has 0 N–H and O–H groups in total. The van der Waals surface area contributed by atoms with Crippen LogP contribution >= 0.6 is 11.6 Å². The minimum atomic E-state index is -0.722. The van der Waals surface area contributed by atoms with Crippen LogP contribution in [0.15, 0.2) is 18.2 Å². The van der Waals surface area contributed by atoms with Gasteiger partial charge in [-0.15, -0.1) is 11.6 Å². The highest BCUT2D eigenvalue weighted by atomic mass is 35.5. The Morgan fingerprint density at radius 3 is 2.81 bits per heavy atom. The molecule has 0 spiro atoms. The monoisotopic (exact) mass is 247 g/mol. The molecule has 0 atom stereocenters. The fourth-order valence-electron chi connectivity index (χ4n) is 1.15. The van der Waals surface area contributed by atoms with Gasteiger partial charge in [-0.25, -0.2) is 4.39 Å². The maximum absolute atomic E-state index is 13.3. The molecule has 0 amide bonds. The predicted octanol–water partition coefficient (Wildman–Crippen LogP) is 3.13. The van der Waals surface area contributed by atoms with E-state index in [1.165, 1.54) is 12.1 Å². The van der Waals surface area contributed by atoms with Crippen molar-refractivity contribution in [3.63, 3.8) is 0 Å². The second-order valence-electron chi connectivity index (χ2n) is 3.09. The van der Waals surface area contributed by atoms with Gasteiger partial charge >= 0.3 is 5.69 Å². The molecule has 0 saturated heterocycles. The van der Waals surface area contributed by atoms with Crippen LogP contribution < -0.4 is 4.74 Å². The zero-order valence-corrected chi connectivity index (χ0v) is 9.24. The number of nitro benzene ring substituents is 1. The van der Waals surface area contributed by atoms with Crippen molar-refractivity contribution in [1.82, 2.24) is 0 Å². The maximum Gasteiger partial charge on any atom is 0.314 e. The summed E-state index contributed by atoms with van der Waals surface area (Å²) in [6, 6.07) is 3.61. The number of nitrogens with zero attached hydrogens (tertiary/aromatic N) is 1. The highest BCUT2D eigenvalue weighted by molar-refractivity contribution is 6.17. The van der Waals surface area contributed by atoms with Crippen molar-refractivity contribution in [2.45, 2.75) is 12.8 Å². The van der Waals surface area contributed by atoms with Gasteiger partial charge in [-0.1, -0.05) is 6.07 Å². The molecule has 0 saturated carbocycles. The second kappa shape index (κ2) is 6.27. The summed E-state index contributed by atoms with van der Waals surface area (Å²) in [6.45, 7) is 0.217. The molecule has 16 heavy (non-hydrogen) atoms. The van der Waals surface area contributed by atoms with E-state index in [0.29, 0.717) is 12.3 Å². The molecule has 88 valence electrons. The number of ether oxygens (including phenoxy) is 1. The quantitative estimate of drug-likeness (QED) is 0.336. The van der Waals surface area contributed by atoms with Gasteiger partial charge in [-0.05, 0) is 18.9 Å². The lowest BCUT2D eigenvalue weighted by Crippen LogP contribution is -2.02. The predicted molar refractivity (Wildman–Crippen MR) is 58.5 cm³/mol. The zero-order valence-electron chi connectivity index (χ0n) is 8.49. The molecule has 0 aromatic heterocycles. The Morgan fingerprint density at radius 1 is 1.44 bits per heavy atom. The van der Waals surface area contributed by atoms with E-state index in [-0.39, 0.29) is 18.0 Å². The van der Waals surface area contributed by atoms with Crippen molar-refractivity contribution in [2.24, 2.45) is 0 Å². The molecule has 1 aromatic rings. The SMILES string of the molecule is O=[N+]([O-])c1cccc(F)c1OCCCCCl. The third-order valence-electron chi connectivity index (χ3n) is 1.92. The van der Waals surface area contributed by atoms with Gasteiger partial charge < -0.3 is 4.74 Å². The number of alkyl halides is 1. The smallest absolute Gasteiger partial charge is 0.314 e. The normalized spacial score (nSPS) is 10.1. The van der Waals surface area contributed by atoms with E-state index in [0.717, 1.165) is 12.5 Å². The van der Waals surface area contributed by atoms with E-state index in [2.05, 4.69) is 0 Å². The van der Waals surface area contributed by atoms with E-state index in [1.54, 1.807) is 0 Å². The van der Waals surface area contributed by atoms with Gasteiger partial charge in [0.2, 0.25) is 5.75 Å². The minimum absolute atomic E-state index is 0.217. The molecule has 0 aliphatic rings. The van der Waals surface area contributed by atoms with Gasteiger partial charge in [0.1, 0.15) is 0 Å². The van der Waals surface area contributed by atoms with Crippen LogP contribution in [-0.2, 0) is 0 Å².